The molecule has 0 saturated heterocycles. The second-order valence-electron chi connectivity index (χ2n) is 4.54. The minimum Gasteiger partial charge on any atom is -0.435 e. The van der Waals surface area contributed by atoms with E-state index in [4.69, 9.17) is 16.3 Å². The maximum absolute atomic E-state index is 5.93. The van der Waals surface area contributed by atoms with Crippen molar-refractivity contribution in [1.82, 2.24) is 19.7 Å². The van der Waals surface area contributed by atoms with Crippen molar-refractivity contribution in [3.05, 3.63) is 40.8 Å². The lowest BCUT2D eigenvalue weighted by molar-refractivity contribution is 0.453. The topological polar surface area (TPSA) is 51.5 Å². The maximum atomic E-state index is 5.93. The third kappa shape index (κ3) is 3.18. The predicted octanol–water partition coefficient (Wildman–Crippen LogP) is 3.74. The summed E-state index contributed by atoms with van der Waals surface area (Å²) in [5.41, 5.74) is 1.000. The van der Waals surface area contributed by atoms with Crippen LogP contribution >= 0.6 is 22.9 Å². The quantitative estimate of drug-likeness (QED) is 0.702. The molecule has 0 fully saturated rings. The highest BCUT2D eigenvalue weighted by atomic mass is 35.5. The van der Waals surface area contributed by atoms with Crippen molar-refractivity contribution in [3.63, 3.8) is 0 Å². The van der Waals surface area contributed by atoms with Crippen molar-refractivity contribution in [2.24, 2.45) is 0 Å². The Kier molecular flexibility index (Phi) is 4.38. The number of hydrogen-bond acceptors (Lipinski definition) is 5. The number of hydrogen-bond donors (Lipinski definition) is 1. The van der Waals surface area contributed by atoms with Gasteiger partial charge in [-0.25, -0.2) is 0 Å². The second kappa shape index (κ2) is 6.43. The van der Waals surface area contributed by atoms with Gasteiger partial charge in [0.05, 0.1) is 11.2 Å². The zero-order chi connectivity index (χ0) is 14.7. The Hall–Kier alpha value is -1.63. The van der Waals surface area contributed by atoms with E-state index in [9.17, 15) is 0 Å². The van der Waals surface area contributed by atoms with E-state index in [0.717, 1.165) is 23.6 Å². The lowest BCUT2D eigenvalue weighted by Gasteiger charge is -2.07. The summed E-state index contributed by atoms with van der Waals surface area (Å²) in [5.74, 6) is 1.18. The van der Waals surface area contributed by atoms with Crippen LogP contribution in [-0.2, 0) is 6.54 Å². The molecule has 0 aliphatic heterocycles. The molecule has 7 heteroatoms. The molecular weight excluding hydrogens is 308 g/mol. The van der Waals surface area contributed by atoms with E-state index < -0.39 is 0 Å². The zero-order valence-electron chi connectivity index (χ0n) is 11.5. The monoisotopic (exact) mass is 322 g/mol. The molecular formula is C14H15ClN4OS. The molecule has 5 nitrogen and oxygen atoms in total. The number of pyridine rings is 1. The Morgan fingerprint density at radius 2 is 2.33 bits per heavy atom. The molecule has 0 aliphatic carbocycles. The van der Waals surface area contributed by atoms with Crippen LogP contribution in [0.15, 0.2) is 30.0 Å². The predicted molar refractivity (Wildman–Crippen MR) is 84.4 cm³/mol. The van der Waals surface area contributed by atoms with Gasteiger partial charge in [0.25, 0.3) is 0 Å². The fourth-order valence-corrected chi connectivity index (χ4v) is 2.89. The summed E-state index contributed by atoms with van der Waals surface area (Å²) in [6, 6.07) is 1.73. The van der Waals surface area contributed by atoms with Crippen molar-refractivity contribution < 1.29 is 4.74 Å². The van der Waals surface area contributed by atoms with Gasteiger partial charge in [0.1, 0.15) is 11.4 Å². The maximum Gasteiger partial charge on any atom is 0.243 e. The first-order valence-corrected chi connectivity index (χ1v) is 7.97. The summed E-state index contributed by atoms with van der Waals surface area (Å²) in [6.07, 6.45) is 6.28. The van der Waals surface area contributed by atoms with Crippen LogP contribution in [0.3, 0.4) is 0 Å². The Bertz CT molecular complexity index is 739. The van der Waals surface area contributed by atoms with Gasteiger partial charge in [0, 0.05) is 30.4 Å². The number of ether oxygens (including phenoxy) is 1. The Morgan fingerprint density at radius 3 is 3.14 bits per heavy atom. The van der Waals surface area contributed by atoms with Crippen molar-refractivity contribution in [1.29, 1.82) is 0 Å². The fourth-order valence-electron chi connectivity index (χ4n) is 2.00. The fraction of sp³-hybridized carbons (Fsp3) is 0.286. The average molecular weight is 323 g/mol. The van der Waals surface area contributed by atoms with E-state index in [-0.39, 0.29) is 0 Å². The molecule has 0 aliphatic rings. The minimum absolute atomic E-state index is 0.541. The third-order valence-electron chi connectivity index (χ3n) is 2.94. The first-order valence-electron chi connectivity index (χ1n) is 6.71. The van der Waals surface area contributed by atoms with Crippen LogP contribution < -0.4 is 10.1 Å². The molecule has 0 unspecified atom stereocenters. The van der Waals surface area contributed by atoms with E-state index in [1.807, 2.05) is 16.0 Å². The summed E-state index contributed by atoms with van der Waals surface area (Å²) >= 11 is 7.51. The van der Waals surface area contributed by atoms with E-state index >= 15 is 0 Å². The molecule has 0 bridgehead atoms. The first kappa shape index (κ1) is 14.3. The molecule has 3 heterocycles. The molecule has 0 atom stereocenters. The number of halogens is 1. The van der Waals surface area contributed by atoms with Gasteiger partial charge < -0.3 is 10.1 Å². The van der Waals surface area contributed by atoms with Crippen LogP contribution in [0.25, 0.3) is 4.96 Å². The summed E-state index contributed by atoms with van der Waals surface area (Å²) in [4.78, 5) is 9.46. The molecule has 21 heavy (non-hydrogen) atoms. The molecule has 3 rings (SSSR count). The van der Waals surface area contributed by atoms with Crippen LogP contribution in [0, 0.1) is 0 Å². The second-order valence-corrected chi connectivity index (χ2v) is 5.85. The Morgan fingerprint density at radius 1 is 1.43 bits per heavy atom. The number of fused-ring (bicyclic) bond motifs is 1. The highest BCUT2D eigenvalue weighted by Crippen LogP contribution is 2.28. The summed E-state index contributed by atoms with van der Waals surface area (Å²) in [6.45, 7) is 3.79. The van der Waals surface area contributed by atoms with Gasteiger partial charge in [-0.2, -0.15) is 4.98 Å². The van der Waals surface area contributed by atoms with E-state index in [0.29, 0.717) is 23.2 Å². The first-order chi connectivity index (χ1) is 10.3. The van der Waals surface area contributed by atoms with Crippen LogP contribution in [0.2, 0.25) is 5.02 Å². The van der Waals surface area contributed by atoms with Gasteiger partial charge in [0.2, 0.25) is 5.88 Å². The molecule has 1 N–H and O–H groups in total. The third-order valence-corrected chi connectivity index (χ3v) is 3.90. The van der Waals surface area contributed by atoms with Crippen LogP contribution in [0.5, 0.6) is 11.6 Å². The molecule has 0 aromatic carbocycles. The lowest BCUT2D eigenvalue weighted by Crippen LogP contribution is -2.15. The van der Waals surface area contributed by atoms with Crippen LogP contribution in [0.1, 0.15) is 19.0 Å². The van der Waals surface area contributed by atoms with Crippen LogP contribution in [0.4, 0.5) is 0 Å². The van der Waals surface area contributed by atoms with Crippen molar-refractivity contribution in [2.75, 3.05) is 6.54 Å². The van der Waals surface area contributed by atoms with Gasteiger partial charge in [0.15, 0.2) is 4.96 Å². The SMILES string of the molecule is CCCNCc1c(Oc2cncc(Cl)c2)nc2sccn12. The molecule has 3 aromatic heterocycles. The van der Waals surface area contributed by atoms with Gasteiger partial charge in [-0.15, -0.1) is 11.3 Å². The number of rotatable bonds is 6. The van der Waals surface area contributed by atoms with Crippen molar-refractivity contribution >= 4 is 27.9 Å². The molecule has 0 amide bonds. The summed E-state index contributed by atoms with van der Waals surface area (Å²) < 4.78 is 7.89. The number of thiazole rings is 1. The van der Waals surface area contributed by atoms with Gasteiger partial charge >= 0.3 is 0 Å². The Labute approximate surface area is 131 Å². The highest BCUT2D eigenvalue weighted by Gasteiger charge is 2.15. The standard InChI is InChI=1S/C14H15ClN4OS/c1-2-3-16-9-12-13(18-14-19(12)4-5-21-14)20-11-6-10(15)7-17-8-11/h4-8,16H,2-3,9H2,1H3. The number of nitrogens with one attached hydrogen (secondary N) is 1. The minimum atomic E-state index is 0.541. The van der Waals surface area contributed by atoms with E-state index in [2.05, 4.69) is 22.2 Å². The lowest BCUT2D eigenvalue weighted by atomic mass is 10.4. The summed E-state index contributed by atoms with van der Waals surface area (Å²) in [7, 11) is 0. The summed E-state index contributed by atoms with van der Waals surface area (Å²) in [5, 5.41) is 5.93. The molecule has 0 spiro atoms. The van der Waals surface area contributed by atoms with Gasteiger partial charge in [-0.05, 0) is 13.0 Å². The van der Waals surface area contributed by atoms with Gasteiger partial charge in [-0.1, -0.05) is 18.5 Å². The smallest absolute Gasteiger partial charge is 0.243 e. The largest absolute Gasteiger partial charge is 0.435 e. The number of nitrogens with zero attached hydrogens (tertiary/aromatic N) is 3. The van der Waals surface area contributed by atoms with Crippen molar-refractivity contribution in [2.45, 2.75) is 19.9 Å². The average Bonchev–Trinajstić information content (AvgIpc) is 3.02. The highest BCUT2D eigenvalue weighted by molar-refractivity contribution is 7.15. The molecule has 3 aromatic rings. The number of aromatic nitrogens is 3. The van der Waals surface area contributed by atoms with E-state index in [1.54, 1.807) is 29.8 Å². The molecule has 0 radical (unpaired) electrons. The normalized spacial score (nSPS) is 11.1. The van der Waals surface area contributed by atoms with E-state index in [1.165, 1.54) is 0 Å². The number of imidazole rings is 1. The molecule has 0 saturated carbocycles. The Balaban J connectivity index is 1.89. The zero-order valence-corrected chi connectivity index (χ0v) is 13.1. The van der Waals surface area contributed by atoms with Crippen LogP contribution in [-0.4, -0.2) is 20.9 Å². The van der Waals surface area contributed by atoms with Crippen molar-refractivity contribution in [3.8, 4) is 11.6 Å². The van der Waals surface area contributed by atoms with Gasteiger partial charge in [-0.3, -0.25) is 9.38 Å². The molecule has 110 valence electrons.